The highest BCUT2D eigenvalue weighted by atomic mass is 79.9. The second kappa shape index (κ2) is 6.22. The van der Waals surface area contributed by atoms with E-state index in [1.165, 1.54) is 10.8 Å². The van der Waals surface area contributed by atoms with Crippen LogP contribution in [0.3, 0.4) is 0 Å². The third-order valence-corrected chi connectivity index (χ3v) is 4.99. The Kier molecular flexibility index (Phi) is 4.33. The maximum atomic E-state index is 13.3. The van der Waals surface area contributed by atoms with Gasteiger partial charge in [-0.2, -0.15) is 0 Å². The van der Waals surface area contributed by atoms with Crippen LogP contribution in [0.4, 0.5) is 4.39 Å². The molecular weight excluding hydrogens is 351 g/mol. The molecule has 1 unspecified atom stereocenters. The van der Waals surface area contributed by atoms with Crippen LogP contribution in [-0.2, 0) is 6.54 Å². The SMILES string of the molecule is CC(NCc1nc2ccccc2s1)c1ccc(F)c(Br)c1. The van der Waals surface area contributed by atoms with Crippen LogP contribution in [0.5, 0.6) is 0 Å². The van der Waals surface area contributed by atoms with Crippen molar-refractivity contribution in [2.45, 2.75) is 19.5 Å². The van der Waals surface area contributed by atoms with E-state index in [1.807, 2.05) is 24.3 Å². The first-order valence-electron chi connectivity index (χ1n) is 6.66. The molecule has 1 heterocycles. The Morgan fingerprint density at radius 1 is 1.29 bits per heavy atom. The Bertz CT molecular complexity index is 739. The van der Waals surface area contributed by atoms with Gasteiger partial charge in [-0.1, -0.05) is 18.2 Å². The second-order valence-corrected chi connectivity index (χ2v) is 6.82. The average molecular weight is 365 g/mol. The molecule has 0 bridgehead atoms. The van der Waals surface area contributed by atoms with Gasteiger partial charge in [-0.15, -0.1) is 11.3 Å². The van der Waals surface area contributed by atoms with Crippen LogP contribution in [0, 0.1) is 5.82 Å². The summed E-state index contributed by atoms with van der Waals surface area (Å²) < 4.78 is 15.0. The van der Waals surface area contributed by atoms with Crippen molar-refractivity contribution in [1.82, 2.24) is 10.3 Å². The lowest BCUT2D eigenvalue weighted by Gasteiger charge is -2.13. The standard InChI is InChI=1S/C16H14BrFN2S/c1-10(11-6-7-13(18)12(17)8-11)19-9-16-20-14-4-2-3-5-15(14)21-16/h2-8,10,19H,9H2,1H3. The highest BCUT2D eigenvalue weighted by Crippen LogP contribution is 2.24. The van der Waals surface area contributed by atoms with E-state index in [0.717, 1.165) is 16.1 Å². The third kappa shape index (κ3) is 3.31. The van der Waals surface area contributed by atoms with Crippen molar-refractivity contribution in [3.05, 3.63) is 63.3 Å². The normalized spacial score (nSPS) is 12.7. The van der Waals surface area contributed by atoms with Crippen molar-refractivity contribution in [3.63, 3.8) is 0 Å². The zero-order valence-electron chi connectivity index (χ0n) is 11.4. The molecule has 0 aliphatic heterocycles. The zero-order chi connectivity index (χ0) is 14.8. The number of aromatic nitrogens is 1. The number of rotatable bonds is 4. The summed E-state index contributed by atoms with van der Waals surface area (Å²) in [6.07, 6.45) is 0. The van der Waals surface area contributed by atoms with Crippen LogP contribution in [0.25, 0.3) is 10.2 Å². The van der Waals surface area contributed by atoms with Gasteiger partial charge in [0.2, 0.25) is 0 Å². The molecular formula is C16H14BrFN2S. The zero-order valence-corrected chi connectivity index (χ0v) is 13.8. The monoisotopic (exact) mass is 364 g/mol. The summed E-state index contributed by atoms with van der Waals surface area (Å²) in [5, 5.41) is 4.49. The molecule has 0 fully saturated rings. The van der Waals surface area contributed by atoms with E-state index in [2.05, 4.69) is 39.2 Å². The Morgan fingerprint density at radius 3 is 2.86 bits per heavy atom. The summed E-state index contributed by atoms with van der Waals surface area (Å²) in [6, 6.07) is 13.4. The van der Waals surface area contributed by atoms with Crippen molar-refractivity contribution < 1.29 is 4.39 Å². The molecule has 108 valence electrons. The summed E-state index contributed by atoms with van der Waals surface area (Å²) in [5.74, 6) is -0.239. The van der Waals surface area contributed by atoms with Crippen LogP contribution in [0.2, 0.25) is 0 Å². The number of benzene rings is 2. The van der Waals surface area contributed by atoms with Crippen LogP contribution >= 0.6 is 27.3 Å². The smallest absolute Gasteiger partial charge is 0.137 e. The molecule has 0 spiro atoms. The van der Waals surface area contributed by atoms with Gasteiger partial charge in [0.25, 0.3) is 0 Å². The molecule has 1 atom stereocenters. The minimum Gasteiger partial charge on any atom is -0.304 e. The first kappa shape index (κ1) is 14.6. The Morgan fingerprint density at radius 2 is 2.10 bits per heavy atom. The highest BCUT2D eigenvalue weighted by Gasteiger charge is 2.09. The fourth-order valence-electron chi connectivity index (χ4n) is 2.14. The van der Waals surface area contributed by atoms with E-state index >= 15 is 0 Å². The van der Waals surface area contributed by atoms with E-state index in [0.29, 0.717) is 11.0 Å². The maximum absolute atomic E-state index is 13.3. The number of halogens is 2. The average Bonchev–Trinajstić information content (AvgIpc) is 2.90. The van der Waals surface area contributed by atoms with E-state index in [1.54, 1.807) is 17.4 Å². The number of para-hydroxylation sites is 1. The van der Waals surface area contributed by atoms with E-state index < -0.39 is 0 Å². The van der Waals surface area contributed by atoms with Gasteiger partial charge in [-0.3, -0.25) is 0 Å². The molecule has 1 N–H and O–H groups in total. The fourth-order valence-corrected chi connectivity index (χ4v) is 3.45. The molecule has 0 aliphatic carbocycles. The lowest BCUT2D eigenvalue weighted by atomic mass is 10.1. The minimum absolute atomic E-state index is 0.133. The fraction of sp³-hybridized carbons (Fsp3) is 0.188. The number of nitrogens with zero attached hydrogens (tertiary/aromatic N) is 1. The number of thiazole rings is 1. The minimum atomic E-state index is -0.239. The first-order valence-corrected chi connectivity index (χ1v) is 8.27. The predicted octanol–water partition coefficient (Wildman–Crippen LogP) is 5.05. The molecule has 3 aromatic rings. The molecule has 0 aliphatic rings. The maximum Gasteiger partial charge on any atom is 0.137 e. The number of hydrogen-bond acceptors (Lipinski definition) is 3. The molecule has 21 heavy (non-hydrogen) atoms. The predicted molar refractivity (Wildman–Crippen MR) is 89.0 cm³/mol. The summed E-state index contributed by atoms with van der Waals surface area (Å²) in [7, 11) is 0. The summed E-state index contributed by atoms with van der Waals surface area (Å²) >= 11 is 4.92. The Balaban J connectivity index is 1.70. The van der Waals surface area contributed by atoms with Crippen molar-refractivity contribution in [1.29, 1.82) is 0 Å². The second-order valence-electron chi connectivity index (χ2n) is 4.85. The highest BCUT2D eigenvalue weighted by molar-refractivity contribution is 9.10. The number of nitrogens with one attached hydrogen (secondary N) is 1. The molecule has 0 saturated heterocycles. The van der Waals surface area contributed by atoms with Gasteiger partial charge in [0, 0.05) is 12.6 Å². The van der Waals surface area contributed by atoms with Crippen LogP contribution in [0.15, 0.2) is 46.9 Å². The van der Waals surface area contributed by atoms with Gasteiger partial charge in [-0.25, -0.2) is 9.37 Å². The van der Waals surface area contributed by atoms with Gasteiger partial charge >= 0.3 is 0 Å². The topological polar surface area (TPSA) is 24.9 Å². The molecule has 1 aromatic heterocycles. The van der Waals surface area contributed by atoms with Crippen LogP contribution in [0.1, 0.15) is 23.5 Å². The van der Waals surface area contributed by atoms with Gasteiger partial charge in [0.15, 0.2) is 0 Å². The van der Waals surface area contributed by atoms with Gasteiger partial charge < -0.3 is 5.32 Å². The van der Waals surface area contributed by atoms with Crippen LogP contribution in [-0.4, -0.2) is 4.98 Å². The van der Waals surface area contributed by atoms with Gasteiger partial charge in [0.1, 0.15) is 10.8 Å². The molecule has 0 radical (unpaired) electrons. The third-order valence-electron chi connectivity index (χ3n) is 3.34. The summed E-state index contributed by atoms with van der Waals surface area (Å²) in [5.41, 5.74) is 2.08. The molecule has 2 nitrogen and oxygen atoms in total. The van der Waals surface area contributed by atoms with Crippen molar-refractivity contribution >= 4 is 37.5 Å². The largest absolute Gasteiger partial charge is 0.304 e. The Labute approximate surface area is 135 Å². The molecule has 2 aromatic carbocycles. The summed E-state index contributed by atoms with van der Waals surface area (Å²) in [4.78, 5) is 4.60. The van der Waals surface area contributed by atoms with Crippen molar-refractivity contribution in [3.8, 4) is 0 Å². The van der Waals surface area contributed by atoms with E-state index in [-0.39, 0.29) is 11.9 Å². The lowest BCUT2D eigenvalue weighted by molar-refractivity contribution is 0.569. The van der Waals surface area contributed by atoms with Gasteiger partial charge in [0.05, 0.1) is 14.7 Å². The molecule has 3 rings (SSSR count). The summed E-state index contributed by atoms with van der Waals surface area (Å²) in [6.45, 7) is 2.77. The quantitative estimate of drug-likeness (QED) is 0.700. The van der Waals surface area contributed by atoms with Crippen molar-refractivity contribution in [2.75, 3.05) is 0 Å². The lowest BCUT2D eigenvalue weighted by Crippen LogP contribution is -2.18. The first-order chi connectivity index (χ1) is 10.1. The van der Waals surface area contributed by atoms with E-state index in [4.69, 9.17) is 0 Å². The number of fused-ring (bicyclic) bond motifs is 1. The number of hydrogen-bond donors (Lipinski definition) is 1. The molecule has 0 saturated carbocycles. The molecule has 5 heteroatoms. The Hall–Kier alpha value is -1.30. The van der Waals surface area contributed by atoms with E-state index in [9.17, 15) is 4.39 Å². The molecule has 0 amide bonds. The van der Waals surface area contributed by atoms with Crippen LogP contribution < -0.4 is 5.32 Å². The van der Waals surface area contributed by atoms with Gasteiger partial charge in [-0.05, 0) is 52.7 Å². The van der Waals surface area contributed by atoms with Crippen molar-refractivity contribution in [2.24, 2.45) is 0 Å².